The molecule has 0 saturated carbocycles. The van der Waals surface area contributed by atoms with Crippen molar-refractivity contribution >= 4 is 34.8 Å². The monoisotopic (exact) mass is 376 g/mol. The molecule has 6 nitrogen and oxygen atoms in total. The average Bonchev–Trinajstić information content (AvgIpc) is 2.95. The fourth-order valence-electron chi connectivity index (χ4n) is 2.49. The number of halogens is 2. The van der Waals surface area contributed by atoms with Crippen molar-refractivity contribution in [1.82, 2.24) is 9.55 Å². The van der Waals surface area contributed by atoms with E-state index in [1.165, 1.54) is 12.1 Å². The number of rotatable bonds is 5. The zero-order valence-corrected chi connectivity index (χ0v) is 14.8. The van der Waals surface area contributed by atoms with E-state index in [-0.39, 0.29) is 5.69 Å². The highest BCUT2D eigenvalue weighted by atomic mass is 35.5. The van der Waals surface area contributed by atoms with Crippen LogP contribution in [0.4, 0.5) is 11.6 Å². The van der Waals surface area contributed by atoms with Crippen molar-refractivity contribution in [2.75, 3.05) is 5.32 Å². The maximum atomic E-state index is 10.9. The van der Waals surface area contributed by atoms with Gasteiger partial charge in [-0.2, -0.15) is 0 Å². The number of anilines is 1. The van der Waals surface area contributed by atoms with Gasteiger partial charge in [-0.15, -0.1) is 0 Å². The Balaban J connectivity index is 1.84. The summed E-state index contributed by atoms with van der Waals surface area (Å²) in [4.78, 5) is 14.9. The first kappa shape index (κ1) is 17.3. The maximum absolute atomic E-state index is 10.9. The maximum Gasteiger partial charge on any atom is 0.270 e. The smallest absolute Gasteiger partial charge is 0.270 e. The van der Waals surface area contributed by atoms with E-state index in [2.05, 4.69) is 10.3 Å². The summed E-state index contributed by atoms with van der Waals surface area (Å²) in [5, 5.41) is 15.3. The van der Waals surface area contributed by atoms with Crippen LogP contribution in [0, 0.1) is 10.1 Å². The minimum absolute atomic E-state index is 0.0380. The van der Waals surface area contributed by atoms with Gasteiger partial charge in [-0.3, -0.25) is 10.1 Å². The number of non-ortho nitro benzene ring substituents is 1. The second kappa shape index (κ2) is 7.13. The van der Waals surface area contributed by atoms with Gasteiger partial charge in [0.2, 0.25) is 5.95 Å². The van der Waals surface area contributed by atoms with Crippen molar-refractivity contribution in [3.63, 3.8) is 0 Å². The Morgan fingerprint density at radius 2 is 1.88 bits per heavy atom. The average molecular weight is 377 g/mol. The summed E-state index contributed by atoms with van der Waals surface area (Å²) in [6, 6.07) is 11.8. The fourth-order valence-corrected chi connectivity index (χ4v) is 3.02. The second-order valence-electron chi connectivity index (χ2n) is 5.39. The lowest BCUT2D eigenvalue weighted by Crippen LogP contribution is -2.06. The Morgan fingerprint density at radius 1 is 1.20 bits per heavy atom. The van der Waals surface area contributed by atoms with Crippen LogP contribution in [0.15, 0.2) is 48.7 Å². The predicted octanol–water partition coefficient (Wildman–Crippen LogP) is 4.91. The van der Waals surface area contributed by atoms with Gasteiger partial charge in [0.05, 0.1) is 16.8 Å². The van der Waals surface area contributed by atoms with Crippen LogP contribution >= 0.6 is 23.2 Å². The Hall–Kier alpha value is -2.57. The Morgan fingerprint density at radius 3 is 2.56 bits per heavy atom. The van der Waals surface area contributed by atoms with Crippen LogP contribution in [0.1, 0.15) is 5.56 Å². The van der Waals surface area contributed by atoms with Crippen LogP contribution in [-0.2, 0) is 13.6 Å². The molecule has 0 radical (unpaired) electrons. The largest absolute Gasteiger partial charge is 0.351 e. The summed E-state index contributed by atoms with van der Waals surface area (Å²) in [5.41, 5.74) is 2.30. The first-order valence-electron chi connectivity index (χ1n) is 7.40. The first-order chi connectivity index (χ1) is 12.0. The molecule has 25 heavy (non-hydrogen) atoms. The SMILES string of the molecule is Cn1c(-c2cccc([N+](=O)[O-])c2)cnc1NCc1c(Cl)cccc1Cl. The lowest BCUT2D eigenvalue weighted by atomic mass is 10.1. The number of nitrogens with one attached hydrogen (secondary N) is 1. The van der Waals surface area contributed by atoms with Gasteiger partial charge in [0.1, 0.15) is 0 Å². The minimum Gasteiger partial charge on any atom is -0.351 e. The molecule has 1 aromatic heterocycles. The molecule has 0 fully saturated rings. The number of nitro benzene ring substituents is 1. The fraction of sp³-hybridized carbons (Fsp3) is 0.118. The molecule has 0 spiro atoms. The number of nitro groups is 1. The van der Waals surface area contributed by atoms with Gasteiger partial charge in [0.15, 0.2) is 0 Å². The number of hydrogen-bond acceptors (Lipinski definition) is 4. The summed E-state index contributed by atoms with van der Waals surface area (Å²) < 4.78 is 1.82. The lowest BCUT2D eigenvalue weighted by molar-refractivity contribution is -0.384. The molecule has 3 aromatic rings. The lowest BCUT2D eigenvalue weighted by Gasteiger charge is -2.10. The zero-order valence-electron chi connectivity index (χ0n) is 13.2. The highest BCUT2D eigenvalue weighted by Gasteiger charge is 2.13. The second-order valence-corrected chi connectivity index (χ2v) is 6.20. The molecule has 0 aliphatic rings. The highest BCUT2D eigenvalue weighted by Crippen LogP contribution is 2.27. The molecule has 0 unspecified atom stereocenters. The van der Waals surface area contributed by atoms with Crippen LogP contribution in [0.25, 0.3) is 11.3 Å². The van der Waals surface area contributed by atoms with Crippen LogP contribution in [0.5, 0.6) is 0 Å². The van der Waals surface area contributed by atoms with Crippen molar-refractivity contribution in [1.29, 1.82) is 0 Å². The van der Waals surface area contributed by atoms with E-state index in [4.69, 9.17) is 23.2 Å². The third-order valence-corrected chi connectivity index (χ3v) is 4.53. The normalized spacial score (nSPS) is 10.7. The Bertz CT molecular complexity index is 920. The van der Waals surface area contributed by atoms with Crippen LogP contribution in [0.3, 0.4) is 0 Å². The molecule has 0 bridgehead atoms. The molecule has 2 aromatic carbocycles. The Kier molecular flexibility index (Phi) is 4.92. The summed E-state index contributed by atoms with van der Waals surface area (Å²) in [5.74, 6) is 0.609. The molecule has 0 aliphatic heterocycles. The summed E-state index contributed by atoms with van der Waals surface area (Å²) in [7, 11) is 1.83. The molecule has 0 amide bonds. The van der Waals surface area contributed by atoms with Crippen LogP contribution in [-0.4, -0.2) is 14.5 Å². The topological polar surface area (TPSA) is 73.0 Å². The zero-order chi connectivity index (χ0) is 18.0. The summed E-state index contributed by atoms with van der Waals surface area (Å²) in [6.07, 6.45) is 1.66. The van der Waals surface area contributed by atoms with Gasteiger partial charge in [0.25, 0.3) is 5.69 Å². The molecule has 3 rings (SSSR count). The molecular weight excluding hydrogens is 363 g/mol. The molecule has 0 atom stereocenters. The number of benzene rings is 2. The first-order valence-corrected chi connectivity index (χ1v) is 8.16. The van der Waals surface area contributed by atoms with Crippen molar-refractivity contribution in [3.8, 4) is 11.3 Å². The molecule has 1 heterocycles. The summed E-state index contributed by atoms with van der Waals surface area (Å²) in [6.45, 7) is 0.414. The quantitative estimate of drug-likeness (QED) is 0.506. The van der Waals surface area contributed by atoms with E-state index in [0.717, 1.165) is 11.3 Å². The van der Waals surface area contributed by atoms with Crippen LogP contribution in [0.2, 0.25) is 10.0 Å². The van der Waals surface area contributed by atoms with Gasteiger partial charge in [0, 0.05) is 46.9 Å². The van der Waals surface area contributed by atoms with Gasteiger partial charge in [-0.25, -0.2) is 4.98 Å². The third kappa shape index (κ3) is 3.60. The third-order valence-electron chi connectivity index (χ3n) is 3.83. The van der Waals surface area contributed by atoms with E-state index in [1.54, 1.807) is 36.5 Å². The molecule has 1 N–H and O–H groups in total. The minimum atomic E-state index is -0.418. The van der Waals surface area contributed by atoms with E-state index in [9.17, 15) is 10.1 Å². The molecule has 128 valence electrons. The van der Waals surface area contributed by atoms with Crippen LogP contribution < -0.4 is 5.32 Å². The van der Waals surface area contributed by atoms with Crippen molar-refractivity contribution in [3.05, 3.63) is 74.4 Å². The van der Waals surface area contributed by atoms with Gasteiger partial charge in [-0.05, 0) is 12.1 Å². The number of nitrogens with zero attached hydrogens (tertiary/aromatic N) is 3. The van der Waals surface area contributed by atoms with Gasteiger partial charge >= 0.3 is 0 Å². The van der Waals surface area contributed by atoms with Crippen molar-refractivity contribution < 1.29 is 4.92 Å². The molecule has 0 saturated heterocycles. The predicted molar refractivity (Wildman–Crippen MR) is 99.1 cm³/mol. The molecule has 0 aliphatic carbocycles. The number of imidazole rings is 1. The molecular formula is C17H14Cl2N4O2. The molecule has 8 heteroatoms. The van der Waals surface area contributed by atoms with E-state index in [0.29, 0.717) is 28.1 Å². The van der Waals surface area contributed by atoms with E-state index >= 15 is 0 Å². The number of hydrogen-bond donors (Lipinski definition) is 1. The van der Waals surface area contributed by atoms with Crippen molar-refractivity contribution in [2.45, 2.75) is 6.54 Å². The standard InChI is InChI=1S/C17H14Cl2N4O2/c1-22-16(11-4-2-5-12(8-11)23(24)25)10-21-17(22)20-9-13-14(18)6-3-7-15(13)19/h2-8,10H,9H2,1H3,(H,20,21). The van der Waals surface area contributed by atoms with Gasteiger partial charge in [-0.1, -0.05) is 41.4 Å². The summed E-state index contributed by atoms with van der Waals surface area (Å²) >= 11 is 12.3. The van der Waals surface area contributed by atoms with E-state index < -0.39 is 4.92 Å². The number of aromatic nitrogens is 2. The highest BCUT2D eigenvalue weighted by molar-refractivity contribution is 6.36. The van der Waals surface area contributed by atoms with E-state index in [1.807, 2.05) is 11.6 Å². The van der Waals surface area contributed by atoms with Gasteiger partial charge < -0.3 is 9.88 Å². The Labute approximate surface area is 154 Å². The van der Waals surface area contributed by atoms with Crippen molar-refractivity contribution in [2.24, 2.45) is 7.05 Å².